The number of guanidine groups is 1. The fourth-order valence-corrected chi connectivity index (χ4v) is 6.16. The Morgan fingerprint density at radius 1 is 1.00 bits per heavy atom. The molecule has 3 aliphatic heterocycles. The molecule has 0 amide bonds. The molecule has 0 aromatic carbocycles. The Hall–Kier alpha value is -0.120. The second-order valence-electron chi connectivity index (χ2n) is 9.71. The Morgan fingerprint density at radius 3 is 2.40 bits per heavy atom. The van der Waals surface area contributed by atoms with Crippen LogP contribution in [-0.2, 0) is 9.47 Å². The smallest absolute Gasteiger partial charge is 0.193 e. The summed E-state index contributed by atoms with van der Waals surface area (Å²) < 4.78 is 11.3. The quantitative estimate of drug-likeness (QED) is 0.341. The number of piperidine rings is 1. The highest BCUT2D eigenvalue weighted by Gasteiger charge is 2.37. The first-order valence-electron chi connectivity index (χ1n) is 12.1. The van der Waals surface area contributed by atoms with Gasteiger partial charge in [0, 0.05) is 58.3 Å². The maximum atomic E-state index is 5.74. The molecule has 174 valence electrons. The van der Waals surface area contributed by atoms with Gasteiger partial charge >= 0.3 is 0 Å². The Balaban J connectivity index is 0.00000256. The van der Waals surface area contributed by atoms with Gasteiger partial charge in [-0.25, -0.2) is 0 Å². The van der Waals surface area contributed by atoms with Crippen molar-refractivity contribution in [3.63, 3.8) is 0 Å². The molecule has 0 aromatic heterocycles. The number of hydrogen-bond acceptors (Lipinski definition) is 4. The number of likely N-dealkylation sites (tertiary alicyclic amines) is 1. The van der Waals surface area contributed by atoms with Gasteiger partial charge in [0.1, 0.15) is 0 Å². The van der Waals surface area contributed by atoms with E-state index in [0.29, 0.717) is 17.4 Å². The molecule has 3 heterocycles. The van der Waals surface area contributed by atoms with Crippen LogP contribution >= 0.6 is 24.0 Å². The van der Waals surface area contributed by atoms with Gasteiger partial charge in [-0.15, -0.1) is 24.0 Å². The van der Waals surface area contributed by atoms with E-state index in [9.17, 15) is 0 Å². The third kappa shape index (κ3) is 6.23. The molecular formula is C23H43IN4O2. The molecule has 0 radical (unpaired) electrons. The topological polar surface area (TPSA) is 49.3 Å². The zero-order valence-corrected chi connectivity index (χ0v) is 21.3. The zero-order chi connectivity index (χ0) is 19.9. The molecule has 1 saturated carbocycles. The van der Waals surface area contributed by atoms with Gasteiger partial charge < -0.3 is 19.7 Å². The lowest BCUT2D eigenvalue weighted by atomic mass is 9.74. The predicted molar refractivity (Wildman–Crippen MR) is 133 cm³/mol. The first kappa shape index (κ1) is 24.5. The SMILES string of the molecule is CN=C(NCC(C1CCOC1)N1CCOCC1)N1CCCC2(CCCCCC2)C1.I. The van der Waals surface area contributed by atoms with Gasteiger partial charge in [-0.3, -0.25) is 9.89 Å². The Labute approximate surface area is 200 Å². The maximum Gasteiger partial charge on any atom is 0.193 e. The van der Waals surface area contributed by atoms with Gasteiger partial charge in [0.05, 0.1) is 19.8 Å². The number of rotatable bonds is 4. The molecule has 4 rings (SSSR count). The van der Waals surface area contributed by atoms with Crippen molar-refractivity contribution in [1.82, 2.24) is 15.1 Å². The molecule has 1 N–H and O–H groups in total. The van der Waals surface area contributed by atoms with Crippen molar-refractivity contribution in [2.24, 2.45) is 16.3 Å². The fourth-order valence-electron chi connectivity index (χ4n) is 6.16. The summed E-state index contributed by atoms with van der Waals surface area (Å²) in [6.07, 6.45) is 12.4. The number of ether oxygens (including phenoxy) is 2. The van der Waals surface area contributed by atoms with E-state index in [-0.39, 0.29) is 24.0 Å². The van der Waals surface area contributed by atoms with Crippen LogP contribution < -0.4 is 5.32 Å². The minimum atomic E-state index is 0. The van der Waals surface area contributed by atoms with E-state index < -0.39 is 0 Å². The van der Waals surface area contributed by atoms with Crippen molar-refractivity contribution >= 4 is 29.9 Å². The van der Waals surface area contributed by atoms with Gasteiger partial charge in [-0.05, 0) is 37.5 Å². The molecule has 4 aliphatic rings. The van der Waals surface area contributed by atoms with Gasteiger partial charge in [-0.1, -0.05) is 25.7 Å². The van der Waals surface area contributed by atoms with Crippen molar-refractivity contribution in [2.75, 3.05) is 66.2 Å². The molecule has 2 unspecified atom stereocenters. The minimum absolute atomic E-state index is 0. The average molecular weight is 535 g/mol. The van der Waals surface area contributed by atoms with E-state index in [2.05, 4.69) is 15.1 Å². The van der Waals surface area contributed by atoms with Crippen LogP contribution in [0.3, 0.4) is 0 Å². The number of halogens is 1. The predicted octanol–water partition coefficient (Wildman–Crippen LogP) is 3.35. The molecule has 1 spiro atoms. The number of nitrogens with one attached hydrogen (secondary N) is 1. The summed E-state index contributed by atoms with van der Waals surface area (Å²) in [5, 5.41) is 3.79. The summed E-state index contributed by atoms with van der Waals surface area (Å²) in [6, 6.07) is 0.509. The van der Waals surface area contributed by atoms with Gasteiger partial charge in [0.2, 0.25) is 0 Å². The van der Waals surface area contributed by atoms with Crippen molar-refractivity contribution < 1.29 is 9.47 Å². The first-order valence-corrected chi connectivity index (χ1v) is 12.1. The highest BCUT2D eigenvalue weighted by molar-refractivity contribution is 14.0. The van der Waals surface area contributed by atoms with Crippen molar-refractivity contribution in [2.45, 2.75) is 63.8 Å². The third-order valence-corrected chi connectivity index (χ3v) is 7.83. The maximum absolute atomic E-state index is 5.74. The van der Waals surface area contributed by atoms with E-state index in [1.807, 2.05) is 7.05 Å². The van der Waals surface area contributed by atoms with E-state index in [1.165, 1.54) is 64.3 Å². The Bertz CT molecular complexity index is 527. The molecule has 0 bridgehead atoms. The minimum Gasteiger partial charge on any atom is -0.381 e. The van der Waals surface area contributed by atoms with Crippen molar-refractivity contribution in [3.05, 3.63) is 0 Å². The summed E-state index contributed by atoms with van der Waals surface area (Å²) in [4.78, 5) is 9.90. The molecule has 6 nitrogen and oxygen atoms in total. The Morgan fingerprint density at radius 2 is 1.73 bits per heavy atom. The summed E-state index contributed by atoms with van der Waals surface area (Å²) >= 11 is 0. The summed E-state index contributed by atoms with van der Waals surface area (Å²) in [7, 11) is 1.96. The normalized spacial score (nSPS) is 29.3. The van der Waals surface area contributed by atoms with E-state index in [0.717, 1.165) is 58.6 Å². The van der Waals surface area contributed by atoms with Crippen LogP contribution in [0.2, 0.25) is 0 Å². The molecular weight excluding hydrogens is 491 g/mol. The molecule has 4 fully saturated rings. The highest BCUT2D eigenvalue weighted by atomic mass is 127. The molecule has 0 aromatic rings. The lowest BCUT2D eigenvalue weighted by Gasteiger charge is -2.44. The van der Waals surface area contributed by atoms with Gasteiger partial charge in [0.15, 0.2) is 5.96 Å². The monoisotopic (exact) mass is 534 g/mol. The molecule has 1 aliphatic carbocycles. The van der Waals surface area contributed by atoms with Crippen LogP contribution in [0, 0.1) is 11.3 Å². The van der Waals surface area contributed by atoms with Crippen LogP contribution in [0.15, 0.2) is 4.99 Å². The van der Waals surface area contributed by atoms with Crippen LogP contribution in [-0.4, -0.2) is 88.0 Å². The molecule has 30 heavy (non-hydrogen) atoms. The molecule has 2 atom stereocenters. The molecule has 7 heteroatoms. The van der Waals surface area contributed by atoms with Crippen LogP contribution in [0.1, 0.15) is 57.8 Å². The first-order chi connectivity index (χ1) is 14.3. The second-order valence-corrected chi connectivity index (χ2v) is 9.71. The number of nitrogens with zero attached hydrogens (tertiary/aromatic N) is 3. The lowest BCUT2D eigenvalue weighted by Crippen LogP contribution is -2.56. The average Bonchev–Trinajstić information content (AvgIpc) is 3.20. The number of aliphatic imine (C=N–C) groups is 1. The second kappa shape index (κ2) is 12.2. The largest absolute Gasteiger partial charge is 0.381 e. The van der Waals surface area contributed by atoms with E-state index in [1.54, 1.807) is 0 Å². The summed E-state index contributed by atoms with van der Waals surface area (Å²) in [5.74, 6) is 1.73. The van der Waals surface area contributed by atoms with Gasteiger partial charge in [0.25, 0.3) is 0 Å². The molecule has 3 saturated heterocycles. The van der Waals surface area contributed by atoms with Gasteiger partial charge in [-0.2, -0.15) is 0 Å². The third-order valence-electron chi connectivity index (χ3n) is 7.83. The van der Waals surface area contributed by atoms with Crippen LogP contribution in [0.25, 0.3) is 0 Å². The van der Waals surface area contributed by atoms with Crippen LogP contribution in [0.4, 0.5) is 0 Å². The lowest BCUT2D eigenvalue weighted by molar-refractivity contribution is 0.00220. The highest BCUT2D eigenvalue weighted by Crippen LogP contribution is 2.42. The van der Waals surface area contributed by atoms with E-state index >= 15 is 0 Å². The van der Waals surface area contributed by atoms with Crippen molar-refractivity contribution in [3.8, 4) is 0 Å². The van der Waals surface area contributed by atoms with Crippen molar-refractivity contribution in [1.29, 1.82) is 0 Å². The number of hydrogen-bond donors (Lipinski definition) is 1. The Kier molecular flexibility index (Phi) is 9.98. The number of morpholine rings is 1. The fraction of sp³-hybridized carbons (Fsp3) is 0.957. The van der Waals surface area contributed by atoms with Crippen LogP contribution in [0.5, 0.6) is 0 Å². The summed E-state index contributed by atoms with van der Waals surface area (Å²) in [5.41, 5.74) is 0.537. The zero-order valence-electron chi connectivity index (χ0n) is 18.9. The summed E-state index contributed by atoms with van der Waals surface area (Å²) in [6.45, 7) is 8.90. The standard InChI is InChI=1S/C23H42N4O2.HI/c1-24-22(27-11-6-10-23(19-27)8-4-2-3-5-9-23)25-17-21(20-7-14-29-18-20)26-12-15-28-16-13-26;/h20-21H,2-19H2,1H3,(H,24,25);1H. The van der Waals surface area contributed by atoms with E-state index in [4.69, 9.17) is 14.5 Å².